The maximum atomic E-state index is 14.6. The van der Waals surface area contributed by atoms with Crippen LogP contribution in [0.5, 0.6) is 0 Å². The van der Waals surface area contributed by atoms with E-state index in [1.165, 1.54) is 0 Å². The van der Waals surface area contributed by atoms with Gasteiger partial charge in [-0.25, -0.2) is 4.39 Å². The Balaban J connectivity index is 1.95. The third kappa shape index (κ3) is 1.63. The Kier molecular flexibility index (Phi) is 2.63. The minimum Gasteiger partial charge on any atom is -0.313 e. The average molecular weight is 248 g/mol. The number of hydrogen-bond acceptors (Lipinski definition) is 2. The summed E-state index contributed by atoms with van der Waals surface area (Å²) < 4.78 is 14.6. The molecule has 3 nitrogen and oxygen atoms in total. The van der Waals surface area contributed by atoms with Crippen LogP contribution in [0.3, 0.4) is 0 Å². The topological polar surface area (TPSA) is 32.3 Å². The maximum absolute atomic E-state index is 14.6. The number of fused-ring (bicyclic) bond motifs is 1. The molecule has 1 aromatic rings. The van der Waals surface area contributed by atoms with Crippen LogP contribution in [-0.2, 0) is 11.2 Å². The van der Waals surface area contributed by atoms with Gasteiger partial charge in [0.2, 0.25) is 5.67 Å². The minimum atomic E-state index is -1.73. The highest BCUT2D eigenvalue weighted by atomic mass is 19.1. The van der Waals surface area contributed by atoms with E-state index in [4.69, 9.17) is 0 Å². The second-order valence-electron chi connectivity index (χ2n) is 5.25. The number of carbonyl (C=O) groups excluding carboxylic acids is 1. The summed E-state index contributed by atoms with van der Waals surface area (Å²) in [5, 5.41) is 2.93. The molecule has 3 rings (SSSR count). The smallest absolute Gasteiger partial charge is 0.266 e. The number of nitrogens with one attached hydrogen (secondary N) is 1. The molecule has 0 spiro atoms. The number of benzene rings is 1. The minimum absolute atomic E-state index is 0.0446. The van der Waals surface area contributed by atoms with Crippen molar-refractivity contribution >= 4 is 11.6 Å². The summed E-state index contributed by atoms with van der Waals surface area (Å²) in [6, 6.07) is 7.82. The van der Waals surface area contributed by atoms with Gasteiger partial charge in [-0.3, -0.25) is 4.79 Å². The van der Waals surface area contributed by atoms with Gasteiger partial charge in [-0.2, -0.15) is 0 Å². The van der Waals surface area contributed by atoms with Crippen LogP contribution in [-0.4, -0.2) is 30.7 Å². The van der Waals surface area contributed by atoms with E-state index in [9.17, 15) is 9.18 Å². The third-order valence-electron chi connectivity index (χ3n) is 3.91. The van der Waals surface area contributed by atoms with Gasteiger partial charge >= 0.3 is 0 Å². The highest BCUT2D eigenvalue weighted by molar-refractivity contribution is 6.02. The Morgan fingerprint density at radius 2 is 2.28 bits per heavy atom. The lowest BCUT2D eigenvalue weighted by Crippen LogP contribution is -2.49. The van der Waals surface area contributed by atoms with E-state index in [1.807, 2.05) is 31.2 Å². The Morgan fingerprint density at radius 3 is 3.00 bits per heavy atom. The van der Waals surface area contributed by atoms with Crippen molar-refractivity contribution in [2.75, 3.05) is 18.0 Å². The molecule has 0 radical (unpaired) electrons. The number of nitrogens with zero attached hydrogens (tertiary/aromatic N) is 1. The van der Waals surface area contributed by atoms with Crippen molar-refractivity contribution in [3.8, 4) is 0 Å². The van der Waals surface area contributed by atoms with Crippen LogP contribution in [0.4, 0.5) is 10.1 Å². The molecule has 0 aliphatic carbocycles. The molecule has 2 aliphatic rings. The highest BCUT2D eigenvalue weighted by Crippen LogP contribution is 2.35. The molecule has 2 atom stereocenters. The molecule has 2 heterocycles. The van der Waals surface area contributed by atoms with E-state index < -0.39 is 5.67 Å². The fourth-order valence-corrected chi connectivity index (χ4v) is 2.93. The Labute approximate surface area is 106 Å². The maximum Gasteiger partial charge on any atom is 0.266 e. The zero-order valence-corrected chi connectivity index (χ0v) is 10.4. The van der Waals surface area contributed by atoms with Gasteiger partial charge in [0.25, 0.3) is 5.91 Å². The molecular weight excluding hydrogens is 231 g/mol. The zero-order valence-electron chi connectivity index (χ0n) is 10.4. The van der Waals surface area contributed by atoms with Crippen LogP contribution in [0, 0.1) is 0 Å². The van der Waals surface area contributed by atoms with Gasteiger partial charge in [0.1, 0.15) is 0 Å². The second-order valence-corrected chi connectivity index (χ2v) is 5.25. The molecular formula is C14H17FN2O. The van der Waals surface area contributed by atoms with Crippen LogP contribution in [0.15, 0.2) is 24.3 Å². The molecule has 1 N–H and O–H groups in total. The fraction of sp³-hybridized carbons (Fsp3) is 0.500. The normalized spacial score (nSPS) is 30.6. The SMILES string of the molecule is CC1Cc2ccccc2N1C(=O)C1(F)CCNC1. The van der Waals surface area contributed by atoms with Crippen LogP contribution in [0.1, 0.15) is 18.9 Å². The second kappa shape index (κ2) is 4.05. The summed E-state index contributed by atoms with van der Waals surface area (Å²) in [5.41, 5.74) is 0.276. The fourth-order valence-electron chi connectivity index (χ4n) is 2.93. The van der Waals surface area contributed by atoms with Crippen LogP contribution in [0.25, 0.3) is 0 Å². The Bertz CT molecular complexity index is 482. The van der Waals surface area contributed by atoms with Gasteiger partial charge in [-0.15, -0.1) is 0 Å². The molecule has 0 bridgehead atoms. The molecule has 1 aromatic carbocycles. The number of amides is 1. The first kappa shape index (κ1) is 11.7. The Hall–Kier alpha value is -1.42. The molecule has 2 unspecified atom stereocenters. The van der Waals surface area contributed by atoms with E-state index in [-0.39, 0.29) is 24.9 Å². The monoisotopic (exact) mass is 248 g/mol. The number of alkyl halides is 1. The summed E-state index contributed by atoms with van der Waals surface area (Å²) in [4.78, 5) is 14.1. The van der Waals surface area contributed by atoms with Gasteiger partial charge in [0, 0.05) is 24.7 Å². The molecule has 96 valence electrons. The van der Waals surface area contributed by atoms with E-state index in [0.29, 0.717) is 6.54 Å². The van der Waals surface area contributed by atoms with E-state index in [2.05, 4.69) is 5.32 Å². The van der Waals surface area contributed by atoms with Crippen molar-refractivity contribution in [3.63, 3.8) is 0 Å². The molecule has 1 saturated heterocycles. The van der Waals surface area contributed by atoms with Crippen LogP contribution >= 0.6 is 0 Å². The number of hydrogen-bond donors (Lipinski definition) is 1. The number of carbonyl (C=O) groups is 1. The van der Waals surface area contributed by atoms with Crippen molar-refractivity contribution in [2.24, 2.45) is 0 Å². The predicted octanol–water partition coefficient (Wildman–Crippen LogP) is 1.67. The lowest BCUT2D eigenvalue weighted by molar-refractivity contribution is -0.129. The largest absolute Gasteiger partial charge is 0.313 e. The molecule has 1 fully saturated rings. The number of halogens is 1. The zero-order chi connectivity index (χ0) is 12.8. The molecule has 0 saturated carbocycles. The van der Waals surface area contributed by atoms with Gasteiger partial charge in [0.05, 0.1) is 0 Å². The molecule has 2 aliphatic heterocycles. The van der Waals surface area contributed by atoms with Gasteiger partial charge in [-0.1, -0.05) is 18.2 Å². The summed E-state index contributed by atoms with van der Waals surface area (Å²) in [6.45, 7) is 2.69. The van der Waals surface area contributed by atoms with Crippen molar-refractivity contribution in [2.45, 2.75) is 31.5 Å². The lowest BCUT2D eigenvalue weighted by Gasteiger charge is -2.29. The predicted molar refractivity (Wildman–Crippen MR) is 68.4 cm³/mol. The van der Waals surface area contributed by atoms with E-state index in [1.54, 1.807) is 4.90 Å². The van der Waals surface area contributed by atoms with Gasteiger partial charge in [0.15, 0.2) is 0 Å². The number of rotatable bonds is 1. The molecule has 4 heteroatoms. The quantitative estimate of drug-likeness (QED) is 0.820. The van der Waals surface area contributed by atoms with Crippen molar-refractivity contribution in [3.05, 3.63) is 29.8 Å². The van der Waals surface area contributed by atoms with Crippen molar-refractivity contribution < 1.29 is 9.18 Å². The first-order valence-electron chi connectivity index (χ1n) is 6.43. The highest BCUT2D eigenvalue weighted by Gasteiger charge is 2.47. The van der Waals surface area contributed by atoms with Gasteiger partial charge in [-0.05, 0) is 31.5 Å². The van der Waals surface area contributed by atoms with Crippen LogP contribution in [0.2, 0.25) is 0 Å². The summed E-state index contributed by atoms with van der Waals surface area (Å²) in [6.07, 6.45) is 1.09. The molecule has 0 aromatic heterocycles. The molecule has 1 amide bonds. The summed E-state index contributed by atoms with van der Waals surface area (Å²) in [5.74, 6) is -0.384. The standard InChI is InChI=1S/C14H17FN2O/c1-10-8-11-4-2-3-5-12(11)17(10)13(18)14(15)6-7-16-9-14/h2-5,10,16H,6-9H2,1H3. The van der Waals surface area contributed by atoms with Crippen molar-refractivity contribution in [1.29, 1.82) is 0 Å². The number of para-hydroxylation sites is 1. The van der Waals surface area contributed by atoms with Crippen LogP contribution < -0.4 is 10.2 Å². The van der Waals surface area contributed by atoms with Crippen molar-refractivity contribution in [1.82, 2.24) is 5.32 Å². The third-order valence-corrected chi connectivity index (χ3v) is 3.91. The average Bonchev–Trinajstić information content (AvgIpc) is 2.92. The lowest BCUT2D eigenvalue weighted by atomic mass is 10.0. The van der Waals surface area contributed by atoms with E-state index >= 15 is 0 Å². The van der Waals surface area contributed by atoms with E-state index in [0.717, 1.165) is 17.7 Å². The number of anilines is 1. The molecule has 18 heavy (non-hydrogen) atoms. The first-order valence-corrected chi connectivity index (χ1v) is 6.43. The first-order chi connectivity index (χ1) is 8.62. The van der Waals surface area contributed by atoms with Gasteiger partial charge < -0.3 is 10.2 Å². The Morgan fingerprint density at radius 1 is 1.50 bits per heavy atom. The summed E-state index contributed by atoms with van der Waals surface area (Å²) in [7, 11) is 0. The summed E-state index contributed by atoms with van der Waals surface area (Å²) >= 11 is 0.